The molecule has 1 N–H and O–H groups in total. The van der Waals surface area contributed by atoms with Gasteiger partial charge in [-0.15, -0.1) is 0 Å². The Balaban J connectivity index is 1.91. The van der Waals surface area contributed by atoms with Gasteiger partial charge in [-0.1, -0.05) is 23.4 Å². The summed E-state index contributed by atoms with van der Waals surface area (Å²) in [4.78, 5) is 8.41. The average molecular weight is 284 g/mol. The van der Waals surface area contributed by atoms with Gasteiger partial charge in [-0.25, -0.2) is 9.97 Å². The van der Waals surface area contributed by atoms with Crippen molar-refractivity contribution in [1.29, 1.82) is 0 Å². The van der Waals surface area contributed by atoms with Gasteiger partial charge in [0.05, 0.1) is 6.20 Å². The van der Waals surface area contributed by atoms with Crippen molar-refractivity contribution in [2.45, 2.75) is 11.6 Å². The van der Waals surface area contributed by atoms with Crippen LogP contribution in [0.4, 0.5) is 5.82 Å². The van der Waals surface area contributed by atoms with Crippen LogP contribution in [0.3, 0.4) is 0 Å². The first-order valence-corrected chi connectivity index (χ1v) is 7.07. The molecule has 18 heavy (non-hydrogen) atoms. The average Bonchev–Trinajstić information content (AvgIpc) is 2.74. The zero-order valence-electron chi connectivity index (χ0n) is 10.2. The fourth-order valence-electron chi connectivity index (χ4n) is 1.51. The molecule has 0 aliphatic rings. The molecule has 2 rings (SSSR count). The molecular formula is C11H14ClN5S. The van der Waals surface area contributed by atoms with Gasteiger partial charge in [0, 0.05) is 25.9 Å². The van der Waals surface area contributed by atoms with Gasteiger partial charge >= 0.3 is 0 Å². The number of hydrogen-bond acceptors (Lipinski definition) is 5. The molecule has 0 bridgehead atoms. The van der Waals surface area contributed by atoms with E-state index in [0.29, 0.717) is 10.3 Å². The van der Waals surface area contributed by atoms with Crippen LogP contribution < -0.4 is 5.32 Å². The minimum absolute atomic E-state index is 0.457. The van der Waals surface area contributed by atoms with Crippen molar-refractivity contribution in [3.63, 3.8) is 0 Å². The molecule has 0 aliphatic carbocycles. The van der Waals surface area contributed by atoms with Crippen molar-refractivity contribution in [1.82, 2.24) is 19.7 Å². The molecule has 0 aromatic carbocycles. The van der Waals surface area contributed by atoms with E-state index in [4.69, 9.17) is 11.6 Å². The number of rotatable bonds is 5. The highest BCUT2D eigenvalue weighted by atomic mass is 35.5. The number of hydrogen-bond donors (Lipinski definition) is 1. The maximum atomic E-state index is 5.91. The Hall–Kier alpha value is -1.27. The molecule has 2 aromatic heterocycles. The highest BCUT2D eigenvalue weighted by molar-refractivity contribution is 7.98. The summed E-state index contributed by atoms with van der Waals surface area (Å²) in [6, 6.07) is 1.73. The maximum absolute atomic E-state index is 5.91. The molecule has 0 saturated heterocycles. The zero-order chi connectivity index (χ0) is 13.0. The topological polar surface area (TPSA) is 55.6 Å². The number of aromatic nitrogens is 4. The Kier molecular flexibility index (Phi) is 4.43. The van der Waals surface area contributed by atoms with E-state index in [0.717, 1.165) is 18.8 Å². The van der Waals surface area contributed by atoms with Gasteiger partial charge in [-0.3, -0.25) is 4.68 Å². The first-order chi connectivity index (χ1) is 8.67. The Morgan fingerprint density at radius 3 is 2.94 bits per heavy atom. The van der Waals surface area contributed by atoms with Crippen LogP contribution in [0.25, 0.3) is 0 Å². The molecule has 0 spiro atoms. The minimum atomic E-state index is 0.457. The van der Waals surface area contributed by atoms with Crippen LogP contribution in [0.15, 0.2) is 23.6 Å². The second-order valence-electron chi connectivity index (χ2n) is 3.76. The van der Waals surface area contributed by atoms with Gasteiger partial charge in [0.15, 0.2) is 5.16 Å². The van der Waals surface area contributed by atoms with E-state index in [-0.39, 0.29) is 0 Å². The predicted octanol–water partition coefficient (Wildman–Crippen LogP) is 2.24. The predicted molar refractivity (Wildman–Crippen MR) is 74.2 cm³/mol. The van der Waals surface area contributed by atoms with Crippen molar-refractivity contribution in [3.05, 3.63) is 29.2 Å². The lowest BCUT2D eigenvalue weighted by molar-refractivity contribution is 0.766. The summed E-state index contributed by atoms with van der Waals surface area (Å²) in [6.07, 6.45) is 6.68. The Morgan fingerprint density at radius 1 is 1.44 bits per heavy atom. The summed E-state index contributed by atoms with van der Waals surface area (Å²) < 4.78 is 1.79. The molecular weight excluding hydrogens is 270 g/mol. The first-order valence-electron chi connectivity index (χ1n) is 5.47. The standard InChI is InChI=1S/C11H14ClN5S/c1-17-7-8(6-14-17)3-4-13-10-5-9(12)15-11(16-10)18-2/h5-7H,3-4H2,1-2H3,(H,13,15,16). The molecule has 0 amide bonds. The second kappa shape index (κ2) is 6.06. The van der Waals surface area contributed by atoms with E-state index in [2.05, 4.69) is 20.4 Å². The van der Waals surface area contributed by atoms with Gasteiger partial charge in [-0.2, -0.15) is 5.10 Å². The summed E-state index contributed by atoms with van der Waals surface area (Å²) in [7, 11) is 1.91. The lowest BCUT2D eigenvalue weighted by atomic mass is 10.2. The Bertz CT molecular complexity index is 528. The number of nitrogens with zero attached hydrogens (tertiary/aromatic N) is 4. The van der Waals surface area contributed by atoms with Crippen molar-refractivity contribution in [3.8, 4) is 0 Å². The molecule has 96 valence electrons. The van der Waals surface area contributed by atoms with Crippen LogP contribution in [-0.2, 0) is 13.5 Å². The maximum Gasteiger partial charge on any atom is 0.190 e. The Labute approximate surface area is 115 Å². The van der Waals surface area contributed by atoms with Gasteiger partial charge < -0.3 is 5.32 Å². The molecule has 0 fully saturated rings. The third kappa shape index (κ3) is 3.61. The van der Waals surface area contributed by atoms with Crippen molar-refractivity contribution in [2.75, 3.05) is 18.1 Å². The van der Waals surface area contributed by atoms with Crippen molar-refractivity contribution in [2.24, 2.45) is 7.05 Å². The van der Waals surface area contributed by atoms with E-state index < -0.39 is 0 Å². The highest BCUT2D eigenvalue weighted by Gasteiger charge is 2.02. The van der Waals surface area contributed by atoms with Crippen LogP contribution >= 0.6 is 23.4 Å². The zero-order valence-corrected chi connectivity index (χ0v) is 11.8. The number of halogens is 1. The van der Waals surface area contributed by atoms with Gasteiger partial charge in [0.25, 0.3) is 0 Å². The van der Waals surface area contributed by atoms with E-state index in [1.807, 2.05) is 25.7 Å². The molecule has 0 unspecified atom stereocenters. The molecule has 0 atom stereocenters. The minimum Gasteiger partial charge on any atom is -0.370 e. The fourth-order valence-corrected chi connectivity index (χ4v) is 2.13. The van der Waals surface area contributed by atoms with Crippen LogP contribution in [0.5, 0.6) is 0 Å². The summed E-state index contributed by atoms with van der Waals surface area (Å²) in [5.74, 6) is 0.753. The lowest BCUT2D eigenvalue weighted by Gasteiger charge is -2.06. The molecule has 2 heterocycles. The van der Waals surface area contributed by atoms with Crippen LogP contribution in [0, 0.1) is 0 Å². The van der Waals surface area contributed by atoms with Crippen molar-refractivity contribution < 1.29 is 0 Å². The summed E-state index contributed by atoms with van der Waals surface area (Å²) in [5, 5.41) is 8.48. The molecule has 0 aliphatic heterocycles. The molecule has 7 heteroatoms. The largest absolute Gasteiger partial charge is 0.370 e. The van der Waals surface area contributed by atoms with E-state index in [1.165, 1.54) is 17.3 Å². The van der Waals surface area contributed by atoms with E-state index in [9.17, 15) is 0 Å². The summed E-state index contributed by atoms with van der Waals surface area (Å²) in [5.41, 5.74) is 1.19. The lowest BCUT2D eigenvalue weighted by Crippen LogP contribution is -2.06. The van der Waals surface area contributed by atoms with Gasteiger partial charge in [0.1, 0.15) is 11.0 Å². The summed E-state index contributed by atoms with van der Waals surface area (Å²) in [6.45, 7) is 0.785. The summed E-state index contributed by atoms with van der Waals surface area (Å²) >= 11 is 7.38. The van der Waals surface area contributed by atoms with Crippen molar-refractivity contribution >= 4 is 29.2 Å². The van der Waals surface area contributed by atoms with Crippen LogP contribution in [-0.4, -0.2) is 32.5 Å². The van der Waals surface area contributed by atoms with Crippen LogP contribution in [0.2, 0.25) is 5.15 Å². The normalized spacial score (nSPS) is 10.6. The van der Waals surface area contributed by atoms with E-state index >= 15 is 0 Å². The number of nitrogens with one attached hydrogen (secondary N) is 1. The number of anilines is 1. The smallest absolute Gasteiger partial charge is 0.190 e. The third-order valence-corrected chi connectivity index (χ3v) is 3.08. The molecule has 5 nitrogen and oxygen atoms in total. The molecule has 2 aromatic rings. The highest BCUT2D eigenvalue weighted by Crippen LogP contribution is 2.17. The van der Waals surface area contributed by atoms with Crippen LogP contribution in [0.1, 0.15) is 5.56 Å². The molecule has 0 saturated carbocycles. The van der Waals surface area contributed by atoms with Gasteiger partial charge in [-0.05, 0) is 18.2 Å². The fraction of sp³-hybridized carbons (Fsp3) is 0.364. The van der Waals surface area contributed by atoms with Gasteiger partial charge in [0.2, 0.25) is 0 Å². The monoisotopic (exact) mass is 283 g/mol. The SMILES string of the molecule is CSc1nc(Cl)cc(NCCc2cnn(C)c2)n1. The number of aryl methyl sites for hydroxylation is 1. The second-order valence-corrected chi connectivity index (χ2v) is 4.92. The Morgan fingerprint density at radius 2 is 2.28 bits per heavy atom. The quantitative estimate of drug-likeness (QED) is 0.518. The first kappa shape index (κ1) is 13.2. The van der Waals surface area contributed by atoms with E-state index in [1.54, 1.807) is 10.7 Å². The third-order valence-electron chi connectivity index (χ3n) is 2.34. The molecule has 0 radical (unpaired) electrons. The number of thioether (sulfide) groups is 1.